The van der Waals surface area contributed by atoms with E-state index >= 15 is 0 Å². The molecule has 9 nitrogen and oxygen atoms in total. The molecular weight excluding hydrogens is 466 g/mol. The van der Waals surface area contributed by atoms with Crippen LogP contribution in [0.2, 0.25) is 0 Å². The number of hydrogen-bond acceptors (Lipinski definition) is 6. The molecule has 0 fully saturated rings. The van der Waals surface area contributed by atoms with E-state index in [-0.39, 0.29) is 27.7 Å². The Kier molecular flexibility index (Phi) is 5.95. The predicted octanol–water partition coefficient (Wildman–Crippen LogP) is 3.45. The maximum atomic E-state index is 13.0. The Morgan fingerprint density at radius 3 is 2.36 bits per heavy atom. The van der Waals surface area contributed by atoms with Crippen molar-refractivity contribution in [1.29, 1.82) is 0 Å². The second-order valence-electron chi connectivity index (χ2n) is 7.70. The molecule has 3 aromatic carbocycles. The number of rotatable bonds is 6. The molecule has 4 rings (SSSR count). The van der Waals surface area contributed by atoms with Gasteiger partial charge in [-0.2, -0.15) is 4.31 Å². The summed E-state index contributed by atoms with van der Waals surface area (Å²) in [6.07, 6.45) is 0.498. The van der Waals surface area contributed by atoms with Crippen LogP contribution in [-0.2, 0) is 33.0 Å². The van der Waals surface area contributed by atoms with Gasteiger partial charge in [-0.1, -0.05) is 30.3 Å². The lowest BCUT2D eigenvalue weighted by molar-refractivity contribution is -0.385. The first-order chi connectivity index (χ1) is 15.6. The van der Waals surface area contributed by atoms with Crippen LogP contribution >= 0.6 is 0 Å². The van der Waals surface area contributed by atoms with Crippen molar-refractivity contribution in [3.63, 3.8) is 0 Å². The van der Waals surface area contributed by atoms with E-state index in [0.717, 1.165) is 11.6 Å². The standard InChI is InChI=1S/C22H21N3O6S2/c1-16-7-10-20(25(26)27)14-22(16)32(28,29)23-19-9-8-17-11-12-24(15-18(17)13-19)33(30,31)21-5-3-2-4-6-21/h2-10,13-14,23H,11-12,15H2,1H3. The molecule has 1 aliphatic heterocycles. The molecular formula is C22H21N3O6S2. The van der Waals surface area contributed by atoms with E-state index in [2.05, 4.69) is 4.72 Å². The summed E-state index contributed by atoms with van der Waals surface area (Å²) in [5.41, 5.74) is 1.92. The van der Waals surface area contributed by atoms with Gasteiger partial charge in [-0.05, 0) is 54.3 Å². The van der Waals surface area contributed by atoms with Gasteiger partial charge in [-0.25, -0.2) is 16.8 Å². The lowest BCUT2D eigenvalue weighted by Gasteiger charge is -2.28. The zero-order valence-corrected chi connectivity index (χ0v) is 19.3. The fraction of sp³-hybridized carbons (Fsp3) is 0.182. The molecule has 1 N–H and O–H groups in total. The van der Waals surface area contributed by atoms with Gasteiger partial charge in [-0.3, -0.25) is 14.8 Å². The molecule has 0 saturated heterocycles. The van der Waals surface area contributed by atoms with E-state index in [9.17, 15) is 26.9 Å². The van der Waals surface area contributed by atoms with Crippen molar-refractivity contribution in [2.24, 2.45) is 0 Å². The minimum absolute atomic E-state index is 0.109. The Balaban J connectivity index is 1.61. The molecule has 1 heterocycles. The number of hydrogen-bond donors (Lipinski definition) is 1. The molecule has 1 aliphatic rings. The first kappa shape index (κ1) is 22.9. The number of anilines is 1. The van der Waals surface area contributed by atoms with Gasteiger partial charge in [0.25, 0.3) is 15.7 Å². The number of nitrogens with zero attached hydrogens (tertiary/aromatic N) is 2. The summed E-state index contributed by atoms with van der Waals surface area (Å²) < 4.78 is 55.7. The number of nitro groups is 1. The quantitative estimate of drug-likeness (QED) is 0.419. The van der Waals surface area contributed by atoms with E-state index in [1.165, 1.54) is 28.6 Å². The predicted molar refractivity (Wildman–Crippen MR) is 123 cm³/mol. The maximum Gasteiger partial charge on any atom is 0.270 e. The van der Waals surface area contributed by atoms with Crippen molar-refractivity contribution in [1.82, 2.24) is 4.31 Å². The lowest BCUT2D eigenvalue weighted by atomic mass is 10.0. The average Bonchev–Trinajstić information content (AvgIpc) is 2.79. The summed E-state index contributed by atoms with van der Waals surface area (Å²) >= 11 is 0. The largest absolute Gasteiger partial charge is 0.280 e. The van der Waals surface area contributed by atoms with E-state index in [0.29, 0.717) is 24.1 Å². The molecule has 0 amide bonds. The summed E-state index contributed by atoms with van der Waals surface area (Å²) in [6.45, 7) is 1.98. The van der Waals surface area contributed by atoms with Crippen LogP contribution in [0, 0.1) is 17.0 Å². The summed E-state index contributed by atoms with van der Waals surface area (Å²) in [5.74, 6) is 0. The molecule has 0 spiro atoms. The van der Waals surface area contributed by atoms with Crippen LogP contribution in [0.1, 0.15) is 16.7 Å². The molecule has 0 radical (unpaired) electrons. The highest BCUT2D eigenvalue weighted by atomic mass is 32.2. The van der Waals surface area contributed by atoms with Crippen molar-refractivity contribution >= 4 is 31.4 Å². The van der Waals surface area contributed by atoms with Crippen LogP contribution in [0.4, 0.5) is 11.4 Å². The molecule has 11 heteroatoms. The average molecular weight is 488 g/mol. The van der Waals surface area contributed by atoms with Crippen LogP contribution in [0.3, 0.4) is 0 Å². The first-order valence-corrected chi connectivity index (χ1v) is 12.9. The summed E-state index contributed by atoms with van der Waals surface area (Å²) in [4.78, 5) is 10.4. The summed E-state index contributed by atoms with van der Waals surface area (Å²) in [6, 6.07) is 16.8. The molecule has 172 valence electrons. The van der Waals surface area contributed by atoms with Gasteiger partial charge in [-0.15, -0.1) is 0 Å². The van der Waals surface area contributed by atoms with Crippen molar-refractivity contribution < 1.29 is 21.8 Å². The number of non-ortho nitro benzene ring substituents is 1. The van der Waals surface area contributed by atoms with Gasteiger partial charge in [0.15, 0.2) is 0 Å². The van der Waals surface area contributed by atoms with Gasteiger partial charge in [0.05, 0.1) is 14.7 Å². The fourth-order valence-electron chi connectivity index (χ4n) is 3.74. The Hall–Kier alpha value is -3.28. The molecule has 3 aromatic rings. The van der Waals surface area contributed by atoms with E-state index < -0.39 is 25.0 Å². The Morgan fingerprint density at radius 1 is 0.939 bits per heavy atom. The molecule has 0 atom stereocenters. The number of fused-ring (bicyclic) bond motifs is 1. The molecule has 0 aliphatic carbocycles. The Morgan fingerprint density at radius 2 is 1.67 bits per heavy atom. The topological polar surface area (TPSA) is 127 Å². The smallest absolute Gasteiger partial charge is 0.270 e. The molecule has 0 saturated carbocycles. The molecule has 0 bridgehead atoms. The normalized spacial score (nSPS) is 14.5. The number of nitro benzene ring substituents is 1. The van der Waals surface area contributed by atoms with E-state index in [1.54, 1.807) is 43.3 Å². The maximum absolute atomic E-state index is 13.0. The van der Waals surface area contributed by atoms with Crippen molar-refractivity contribution in [3.8, 4) is 0 Å². The second-order valence-corrected chi connectivity index (χ2v) is 11.3. The van der Waals surface area contributed by atoms with E-state index in [1.807, 2.05) is 0 Å². The monoisotopic (exact) mass is 487 g/mol. The van der Waals surface area contributed by atoms with Gasteiger partial charge >= 0.3 is 0 Å². The van der Waals surface area contributed by atoms with E-state index in [4.69, 9.17) is 0 Å². The first-order valence-electron chi connectivity index (χ1n) is 10.0. The highest BCUT2D eigenvalue weighted by Gasteiger charge is 2.29. The van der Waals surface area contributed by atoms with Crippen molar-refractivity contribution in [3.05, 3.63) is 93.5 Å². The number of sulfonamides is 2. The van der Waals surface area contributed by atoms with Gasteiger partial charge < -0.3 is 0 Å². The lowest BCUT2D eigenvalue weighted by Crippen LogP contribution is -2.36. The van der Waals surface area contributed by atoms with Gasteiger partial charge in [0, 0.05) is 30.9 Å². The molecule has 0 unspecified atom stereocenters. The minimum atomic E-state index is -4.10. The Labute approximate surface area is 191 Å². The van der Waals surface area contributed by atoms with Gasteiger partial charge in [0.1, 0.15) is 0 Å². The third-order valence-corrected chi connectivity index (χ3v) is 8.87. The molecule has 33 heavy (non-hydrogen) atoms. The number of benzene rings is 3. The van der Waals surface area contributed by atoms with Crippen molar-refractivity contribution in [2.45, 2.75) is 29.7 Å². The third kappa shape index (κ3) is 4.61. The third-order valence-electron chi connectivity index (χ3n) is 5.49. The molecule has 0 aromatic heterocycles. The minimum Gasteiger partial charge on any atom is -0.280 e. The summed E-state index contributed by atoms with van der Waals surface area (Å²) in [5, 5.41) is 11.1. The number of nitrogens with one attached hydrogen (secondary N) is 1. The van der Waals surface area contributed by atoms with Crippen LogP contribution in [-0.4, -0.2) is 32.6 Å². The zero-order valence-electron chi connectivity index (χ0n) is 17.6. The SMILES string of the molecule is Cc1ccc([N+](=O)[O-])cc1S(=O)(=O)Nc1ccc2c(c1)CN(S(=O)(=O)c1ccccc1)CC2. The Bertz CT molecular complexity index is 1440. The number of aryl methyl sites for hydroxylation is 1. The highest BCUT2D eigenvalue weighted by molar-refractivity contribution is 7.92. The summed E-state index contributed by atoms with van der Waals surface area (Å²) in [7, 11) is -7.78. The fourth-order valence-corrected chi connectivity index (χ4v) is 6.50. The van der Waals surface area contributed by atoms with Crippen LogP contribution in [0.5, 0.6) is 0 Å². The van der Waals surface area contributed by atoms with Crippen LogP contribution in [0.25, 0.3) is 0 Å². The highest BCUT2D eigenvalue weighted by Crippen LogP contribution is 2.29. The van der Waals surface area contributed by atoms with Crippen LogP contribution < -0.4 is 4.72 Å². The second kappa shape index (κ2) is 8.58. The van der Waals surface area contributed by atoms with Crippen molar-refractivity contribution in [2.75, 3.05) is 11.3 Å². The van der Waals surface area contributed by atoms with Gasteiger partial charge in [0.2, 0.25) is 10.0 Å². The van der Waals surface area contributed by atoms with Crippen LogP contribution in [0.15, 0.2) is 76.5 Å². The zero-order chi connectivity index (χ0) is 23.8.